The zero-order valence-electron chi connectivity index (χ0n) is 18.7. The standard InChI is InChI=1S/C25H35N3O2/c1-19(2)14-24(18-27(3)4)26-25(29)23-11-6-10-22(16-23)21-9-5-8-20(15-21)17-28-12-7-13-30-28/h5-6,8-11,15-16,19,24H,7,12-14,17-18H2,1-4H3,(H,26,29)/t24-/m1/s1. The summed E-state index contributed by atoms with van der Waals surface area (Å²) < 4.78 is 0. The van der Waals surface area contributed by atoms with Gasteiger partial charge in [0.05, 0.1) is 6.61 Å². The highest BCUT2D eigenvalue weighted by atomic mass is 16.7. The Labute approximate surface area is 181 Å². The van der Waals surface area contributed by atoms with E-state index in [1.807, 2.05) is 37.4 Å². The number of carbonyl (C=O) groups is 1. The maximum absolute atomic E-state index is 12.9. The number of amides is 1. The van der Waals surface area contributed by atoms with E-state index in [-0.39, 0.29) is 11.9 Å². The predicted octanol–water partition coefficient (Wildman–Crippen LogP) is 4.20. The summed E-state index contributed by atoms with van der Waals surface area (Å²) in [6, 6.07) is 16.5. The van der Waals surface area contributed by atoms with Gasteiger partial charge in [0.1, 0.15) is 0 Å². The minimum atomic E-state index is -0.00836. The molecular weight excluding hydrogens is 374 g/mol. The summed E-state index contributed by atoms with van der Waals surface area (Å²) in [5, 5.41) is 5.25. The summed E-state index contributed by atoms with van der Waals surface area (Å²) in [4.78, 5) is 20.7. The molecule has 1 saturated heterocycles. The average Bonchev–Trinajstić information content (AvgIpc) is 3.20. The summed E-state index contributed by atoms with van der Waals surface area (Å²) in [5.41, 5.74) is 4.09. The van der Waals surface area contributed by atoms with Gasteiger partial charge in [0.2, 0.25) is 0 Å². The first-order valence-corrected chi connectivity index (χ1v) is 10.9. The van der Waals surface area contributed by atoms with Crippen molar-refractivity contribution in [2.24, 2.45) is 5.92 Å². The van der Waals surface area contributed by atoms with Gasteiger partial charge in [0.25, 0.3) is 5.91 Å². The molecule has 0 spiro atoms. The molecule has 1 amide bonds. The van der Waals surface area contributed by atoms with Crippen molar-refractivity contribution in [2.45, 2.75) is 39.3 Å². The monoisotopic (exact) mass is 409 g/mol. The largest absolute Gasteiger partial charge is 0.348 e. The Balaban J connectivity index is 1.72. The molecular formula is C25H35N3O2. The number of carbonyl (C=O) groups excluding carboxylic acids is 1. The molecule has 0 unspecified atom stereocenters. The third kappa shape index (κ3) is 6.66. The summed E-state index contributed by atoms with van der Waals surface area (Å²) in [5.74, 6) is 0.523. The summed E-state index contributed by atoms with van der Waals surface area (Å²) in [6.45, 7) is 7.79. The van der Waals surface area contributed by atoms with Crippen molar-refractivity contribution < 1.29 is 9.63 Å². The third-order valence-corrected chi connectivity index (χ3v) is 5.25. The Morgan fingerprint density at radius 1 is 1.13 bits per heavy atom. The van der Waals surface area contributed by atoms with Crippen molar-refractivity contribution in [1.29, 1.82) is 0 Å². The lowest BCUT2D eigenvalue weighted by molar-refractivity contribution is -0.117. The van der Waals surface area contributed by atoms with E-state index in [0.29, 0.717) is 11.5 Å². The molecule has 1 heterocycles. The summed E-state index contributed by atoms with van der Waals surface area (Å²) in [6.07, 6.45) is 2.05. The highest BCUT2D eigenvalue weighted by Crippen LogP contribution is 2.23. The van der Waals surface area contributed by atoms with E-state index < -0.39 is 0 Å². The Bertz CT molecular complexity index is 819. The van der Waals surface area contributed by atoms with E-state index in [4.69, 9.17) is 4.84 Å². The van der Waals surface area contributed by atoms with E-state index in [0.717, 1.165) is 50.2 Å². The number of nitrogens with zero attached hydrogens (tertiary/aromatic N) is 2. The number of hydrogen-bond acceptors (Lipinski definition) is 4. The molecule has 5 nitrogen and oxygen atoms in total. The van der Waals surface area contributed by atoms with Crippen molar-refractivity contribution in [1.82, 2.24) is 15.3 Å². The molecule has 0 bridgehead atoms. The van der Waals surface area contributed by atoms with Crippen LogP contribution in [0, 0.1) is 5.92 Å². The maximum atomic E-state index is 12.9. The fraction of sp³-hybridized carbons (Fsp3) is 0.480. The van der Waals surface area contributed by atoms with Gasteiger partial charge in [-0.05, 0) is 67.7 Å². The van der Waals surface area contributed by atoms with Crippen LogP contribution in [0.5, 0.6) is 0 Å². The first-order valence-electron chi connectivity index (χ1n) is 10.9. The fourth-order valence-electron chi connectivity index (χ4n) is 3.97. The van der Waals surface area contributed by atoms with Crippen LogP contribution in [0.2, 0.25) is 0 Å². The first kappa shape index (κ1) is 22.5. The lowest BCUT2D eigenvalue weighted by Crippen LogP contribution is -2.42. The first-order chi connectivity index (χ1) is 14.4. The second-order valence-corrected chi connectivity index (χ2v) is 8.89. The lowest BCUT2D eigenvalue weighted by Gasteiger charge is -2.24. The molecule has 1 aliphatic rings. The van der Waals surface area contributed by atoms with Crippen LogP contribution in [0.1, 0.15) is 42.6 Å². The third-order valence-electron chi connectivity index (χ3n) is 5.25. The minimum absolute atomic E-state index is 0.00836. The summed E-state index contributed by atoms with van der Waals surface area (Å²) >= 11 is 0. The molecule has 0 aliphatic carbocycles. The van der Waals surface area contributed by atoms with Crippen LogP contribution in [0.3, 0.4) is 0 Å². The van der Waals surface area contributed by atoms with Crippen molar-refractivity contribution in [3.05, 3.63) is 59.7 Å². The Kier molecular flexibility index (Phi) is 8.02. The van der Waals surface area contributed by atoms with E-state index in [1.54, 1.807) is 0 Å². The molecule has 1 aliphatic heterocycles. The smallest absolute Gasteiger partial charge is 0.251 e. The number of hydroxylamine groups is 2. The number of hydrogen-bond donors (Lipinski definition) is 1. The minimum Gasteiger partial charge on any atom is -0.348 e. The van der Waals surface area contributed by atoms with Gasteiger partial charge >= 0.3 is 0 Å². The van der Waals surface area contributed by atoms with Crippen LogP contribution >= 0.6 is 0 Å². The molecule has 1 atom stereocenters. The SMILES string of the molecule is CC(C)C[C@H](CN(C)C)NC(=O)c1cccc(-c2cccc(CN3CCCO3)c2)c1. The normalized spacial score (nSPS) is 15.7. The topological polar surface area (TPSA) is 44.8 Å². The molecule has 2 aromatic rings. The van der Waals surface area contributed by atoms with Gasteiger partial charge in [-0.3, -0.25) is 9.63 Å². The Morgan fingerprint density at radius 2 is 1.87 bits per heavy atom. The number of benzene rings is 2. The predicted molar refractivity (Wildman–Crippen MR) is 122 cm³/mol. The summed E-state index contributed by atoms with van der Waals surface area (Å²) in [7, 11) is 4.08. The molecule has 5 heteroatoms. The number of rotatable bonds is 9. The van der Waals surface area contributed by atoms with Crippen molar-refractivity contribution in [3.63, 3.8) is 0 Å². The zero-order chi connectivity index (χ0) is 21.5. The highest BCUT2D eigenvalue weighted by molar-refractivity contribution is 5.95. The van der Waals surface area contributed by atoms with E-state index in [9.17, 15) is 4.79 Å². The Hall–Kier alpha value is -2.21. The molecule has 2 aromatic carbocycles. The van der Waals surface area contributed by atoms with Crippen LogP contribution in [-0.4, -0.2) is 55.7 Å². The molecule has 30 heavy (non-hydrogen) atoms. The van der Waals surface area contributed by atoms with Gasteiger partial charge in [-0.15, -0.1) is 0 Å². The van der Waals surface area contributed by atoms with Gasteiger partial charge in [-0.25, -0.2) is 0 Å². The van der Waals surface area contributed by atoms with Gasteiger partial charge in [0.15, 0.2) is 0 Å². The van der Waals surface area contributed by atoms with Crippen molar-refractivity contribution in [2.75, 3.05) is 33.8 Å². The molecule has 162 valence electrons. The van der Waals surface area contributed by atoms with E-state index in [1.165, 1.54) is 5.56 Å². The van der Waals surface area contributed by atoms with Crippen LogP contribution in [0.15, 0.2) is 48.5 Å². The van der Waals surface area contributed by atoms with Gasteiger partial charge < -0.3 is 10.2 Å². The van der Waals surface area contributed by atoms with Gasteiger partial charge in [-0.2, -0.15) is 5.06 Å². The van der Waals surface area contributed by atoms with Crippen molar-refractivity contribution in [3.8, 4) is 11.1 Å². The van der Waals surface area contributed by atoms with Crippen LogP contribution in [-0.2, 0) is 11.4 Å². The van der Waals surface area contributed by atoms with E-state index >= 15 is 0 Å². The molecule has 0 saturated carbocycles. The molecule has 1 fully saturated rings. The highest BCUT2D eigenvalue weighted by Gasteiger charge is 2.17. The quantitative estimate of drug-likeness (QED) is 0.674. The second kappa shape index (κ2) is 10.7. The second-order valence-electron chi connectivity index (χ2n) is 8.89. The van der Waals surface area contributed by atoms with E-state index in [2.05, 4.69) is 54.4 Å². The zero-order valence-corrected chi connectivity index (χ0v) is 18.7. The fourth-order valence-corrected chi connectivity index (χ4v) is 3.97. The van der Waals surface area contributed by atoms with Gasteiger partial charge in [-0.1, -0.05) is 44.2 Å². The molecule has 1 N–H and O–H groups in total. The van der Waals surface area contributed by atoms with Crippen LogP contribution < -0.4 is 5.32 Å². The lowest BCUT2D eigenvalue weighted by atomic mass is 10.00. The Morgan fingerprint density at radius 3 is 2.53 bits per heavy atom. The molecule has 0 aromatic heterocycles. The average molecular weight is 410 g/mol. The van der Waals surface area contributed by atoms with Crippen LogP contribution in [0.25, 0.3) is 11.1 Å². The number of nitrogens with one attached hydrogen (secondary N) is 1. The number of likely N-dealkylation sites (N-methyl/N-ethyl adjacent to an activating group) is 1. The van der Waals surface area contributed by atoms with Crippen LogP contribution in [0.4, 0.5) is 0 Å². The molecule has 0 radical (unpaired) electrons. The maximum Gasteiger partial charge on any atom is 0.251 e. The van der Waals surface area contributed by atoms with Crippen molar-refractivity contribution >= 4 is 5.91 Å². The molecule has 3 rings (SSSR count). The van der Waals surface area contributed by atoms with Gasteiger partial charge in [0, 0.05) is 31.2 Å².